The van der Waals surface area contributed by atoms with Gasteiger partial charge in [-0.1, -0.05) is 6.58 Å². The first-order valence-electron chi connectivity index (χ1n) is 5.52. The Morgan fingerprint density at radius 1 is 1.24 bits per heavy atom. The monoisotopic (exact) mass is 262 g/mol. The van der Waals surface area contributed by atoms with Gasteiger partial charge < -0.3 is 4.74 Å². The lowest BCUT2D eigenvalue weighted by Gasteiger charge is -2.27. The van der Waals surface area contributed by atoms with Crippen LogP contribution in [0.2, 0.25) is 0 Å². The predicted octanol–water partition coefficient (Wildman–Crippen LogP) is 1.66. The van der Waals surface area contributed by atoms with Crippen LogP contribution in [0, 0.1) is 0 Å². The molecule has 1 rings (SSSR count). The molecule has 0 aliphatic heterocycles. The van der Waals surface area contributed by atoms with E-state index in [1.54, 1.807) is 6.92 Å². The zero-order valence-electron chi connectivity index (χ0n) is 10.1. The van der Waals surface area contributed by atoms with Crippen LogP contribution in [-0.2, 0) is 29.3 Å². The van der Waals surface area contributed by atoms with E-state index >= 15 is 0 Å². The summed E-state index contributed by atoms with van der Waals surface area (Å²) in [4.78, 5) is 11.3. The van der Waals surface area contributed by atoms with Crippen molar-refractivity contribution in [2.45, 2.75) is 44.8 Å². The summed E-state index contributed by atoms with van der Waals surface area (Å²) < 4.78 is 25.9. The van der Waals surface area contributed by atoms with Crippen LogP contribution < -0.4 is 0 Å². The summed E-state index contributed by atoms with van der Waals surface area (Å²) in [6, 6.07) is 0. The zero-order chi connectivity index (χ0) is 12.8. The van der Waals surface area contributed by atoms with Gasteiger partial charge in [-0.2, -0.15) is 4.21 Å². The van der Waals surface area contributed by atoms with Gasteiger partial charge in [0.25, 0.3) is 0 Å². The summed E-state index contributed by atoms with van der Waals surface area (Å²) in [5, 5.41) is 0. The Morgan fingerprint density at radius 3 is 2.24 bits per heavy atom. The average Bonchev–Trinajstić information content (AvgIpc) is 2.31. The number of carbonyl (C=O) groups is 1. The third kappa shape index (κ3) is 4.97. The molecule has 0 saturated heterocycles. The second-order valence-electron chi connectivity index (χ2n) is 4.05. The van der Waals surface area contributed by atoms with E-state index in [-0.39, 0.29) is 18.2 Å². The van der Waals surface area contributed by atoms with Crippen molar-refractivity contribution < 1.29 is 22.1 Å². The fourth-order valence-electron chi connectivity index (χ4n) is 1.65. The van der Waals surface area contributed by atoms with E-state index < -0.39 is 11.4 Å². The van der Waals surface area contributed by atoms with E-state index in [9.17, 15) is 9.00 Å². The van der Waals surface area contributed by atoms with Gasteiger partial charge in [0.2, 0.25) is 0 Å². The fraction of sp³-hybridized carbons (Fsp3) is 0.727. The molecule has 0 spiro atoms. The number of rotatable bonds is 5. The van der Waals surface area contributed by atoms with Crippen molar-refractivity contribution in [2.75, 3.05) is 7.11 Å². The van der Waals surface area contributed by atoms with Crippen LogP contribution in [0.1, 0.15) is 32.6 Å². The van der Waals surface area contributed by atoms with Crippen molar-refractivity contribution in [3.63, 3.8) is 0 Å². The van der Waals surface area contributed by atoms with E-state index in [4.69, 9.17) is 8.92 Å². The molecule has 0 N–H and O–H groups in total. The van der Waals surface area contributed by atoms with Crippen molar-refractivity contribution in [1.29, 1.82) is 0 Å². The molecule has 0 heterocycles. The Labute approximate surface area is 104 Å². The minimum Gasteiger partial charge on any atom is -0.459 e. The van der Waals surface area contributed by atoms with Gasteiger partial charge in [0.15, 0.2) is 0 Å². The molecule has 1 fully saturated rings. The minimum absolute atomic E-state index is 0.0874. The maximum absolute atomic E-state index is 11.3. The highest BCUT2D eigenvalue weighted by Gasteiger charge is 2.26. The van der Waals surface area contributed by atoms with Crippen LogP contribution >= 0.6 is 0 Å². The third-order valence-electron chi connectivity index (χ3n) is 2.59. The lowest BCUT2D eigenvalue weighted by atomic mass is 9.95. The van der Waals surface area contributed by atoms with Crippen LogP contribution in [0.3, 0.4) is 0 Å². The summed E-state index contributed by atoms with van der Waals surface area (Å²) in [7, 11) is 1.33. The smallest absolute Gasteiger partial charge is 0.333 e. The molecule has 98 valence electrons. The molecule has 0 amide bonds. The summed E-state index contributed by atoms with van der Waals surface area (Å²) >= 11 is -1.68. The quantitative estimate of drug-likeness (QED) is 0.557. The summed E-state index contributed by atoms with van der Waals surface area (Å²) in [6.07, 6.45) is 2.67. The molecule has 1 saturated carbocycles. The van der Waals surface area contributed by atoms with Crippen LogP contribution in [0.5, 0.6) is 0 Å². The topological polar surface area (TPSA) is 61.8 Å². The molecule has 0 aromatic carbocycles. The minimum atomic E-state index is -1.68. The van der Waals surface area contributed by atoms with Gasteiger partial charge in [0.1, 0.15) is 6.10 Å². The third-order valence-corrected chi connectivity index (χ3v) is 3.30. The van der Waals surface area contributed by atoms with Crippen molar-refractivity contribution in [3.05, 3.63) is 12.2 Å². The van der Waals surface area contributed by atoms with E-state index in [1.165, 1.54) is 7.11 Å². The molecule has 1 unspecified atom stereocenters. The van der Waals surface area contributed by atoms with Gasteiger partial charge in [-0.15, -0.1) is 0 Å². The van der Waals surface area contributed by atoms with Gasteiger partial charge in [-0.25, -0.2) is 4.79 Å². The van der Waals surface area contributed by atoms with Crippen molar-refractivity contribution in [2.24, 2.45) is 0 Å². The van der Waals surface area contributed by atoms with Gasteiger partial charge in [-0.3, -0.25) is 8.37 Å². The molecule has 0 bridgehead atoms. The first-order chi connectivity index (χ1) is 8.02. The fourth-order valence-corrected chi connectivity index (χ4v) is 2.14. The van der Waals surface area contributed by atoms with E-state index in [0.717, 1.165) is 0 Å². The highest BCUT2D eigenvalue weighted by Crippen LogP contribution is 2.24. The van der Waals surface area contributed by atoms with E-state index in [2.05, 4.69) is 10.8 Å². The average molecular weight is 262 g/mol. The van der Waals surface area contributed by atoms with Crippen molar-refractivity contribution >= 4 is 17.3 Å². The van der Waals surface area contributed by atoms with E-state index in [1.807, 2.05) is 0 Å². The van der Waals surface area contributed by atoms with Crippen LogP contribution in [0.4, 0.5) is 0 Å². The first kappa shape index (κ1) is 14.3. The Bertz CT molecular complexity index is 307. The standard InChI is InChI=1S/C11H18O5S/c1-8(2)11(12)15-9-4-6-10(7-5-9)16-17(13)14-3/h9-10H,1,4-7H2,2-3H3. The molecule has 6 heteroatoms. The normalized spacial score (nSPS) is 26.2. The number of carbonyl (C=O) groups excluding carboxylic acids is 1. The Balaban J connectivity index is 2.28. The SMILES string of the molecule is C=C(C)C(=O)OC1CCC(OS(=O)OC)CC1. The zero-order valence-corrected chi connectivity index (χ0v) is 11.0. The van der Waals surface area contributed by atoms with Gasteiger partial charge in [0, 0.05) is 5.57 Å². The van der Waals surface area contributed by atoms with Gasteiger partial charge >= 0.3 is 17.3 Å². The van der Waals surface area contributed by atoms with Gasteiger partial charge in [-0.05, 0) is 32.6 Å². The number of hydrogen-bond donors (Lipinski definition) is 0. The summed E-state index contributed by atoms with van der Waals surface area (Å²) in [5.74, 6) is -0.352. The van der Waals surface area contributed by atoms with Crippen molar-refractivity contribution in [3.8, 4) is 0 Å². The Hall–Kier alpha value is -0.720. The largest absolute Gasteiger partial charge is 0.459 e. The molecule has 1 aliphatic rings. The predicted molar refractivity (Wildman–Crippen MR) is 63.2 cm³/mol. The van der Waals surface area contributed by atoms with Crippen LogP contribution in [-0.4, -0.2) is 29.5 Å². The summed E-state index contributed by atoms with van der Waals surface area (Å²) in [5.41, 5.74) is 0.406. The van der Waals surface area contributed by atoms with Crippen LogP contribution in [0.15, 0.2) is 12.2 Å². The first-order valence-corrected chi connectivity index (χ1v) is 6.52. The molecule has 0 aromatic rings. The second kappa shape index (κ2) is 6.88. The van der Waals surface area contributed by atoms with Crippen LogP contribution in [0.25, 0.3) is 0 Å². The number of ether oxygens (including phenoxy) is 1. The molecule has 17 heavy (non-hydrogen) atoms. The number of esters is 1. The number of hydrogen-bond acceptors (Lipinski definition) is 5. The molecular formula is C11H18O5S. The lowest BCUT2D eigenvalue weighted by Crippen LogP contribution is -2.29. The molecular weight excluding hydrogens is 244 g/mol. The highest BCUT2D eigenvalue weighted by atomic mass is 32.2. The maximum atomic E-state index is 11.3. The lowest BCUT2D eigenvalue weighted by molar-refractivity contribution is -0.146. The Kier molecular flexibility index (Phi) is 5.80. The van der Waals surface area contributed by atoms with Crippen molar-refractivity contribution in [1.82, 2.24) is 0 Å². The van der Waals surface area contributed by atoms with Gasteiger partial charge in [0.05, 0.1) is 13.2 Å². The molecule has 1 atom stereocenters. The molecule has 0 aromatic heterocycles. The molecule has 1 aliphatic carbocycles. The summed E-state index contributed by atoms with van der Waals surface area (Å²) in [6.45, 7) is 5.15. The molecule has 0 radical (unpaired) electrons. The second-order valence-corrected chi connectivity index (χ2v) is 4.99. The maximum Gasteiger partial charge on any atom is 0.333 e. The highest BCUT2D eigenvalue weighted by molar-refractivity contribution is 7.75. The molecule has 5 nitrogen and oxygen atoms in total. The Morgan fingerprint density at radius 2 is 1.76 bits per heavy atom. The van der Waals surface area contributed by atoms with E-state index in [0.29, 0.717) is 31.3 Å².